The summed E-state index contributed by atoms with van der Waals surface area (Å²) in [5.74, 6) is 0.736. The summed E-state index contributed by atoms with van der Waals surface area (Å²) in [4.78, 5) is 18.0. The minimum absolute atomic E-state index is 0.0678. The fourth-order valence-electron chi connectivity index (χ4n) is 2.00. The van der Waals surface area contributed by atoms with E-state index in [0.717, 1.165) is 28.9 Å². The second-order valence-corrected chi connectivity index (χ2v) is 7.08. The monoisotopic (exact) mass is 356 g/mol. The number of halogens is 1. The molecule has 1 amide bonds. The molecule has 0 unspecified atom stereocenters. The smallest absolute Gasteiger partial charge is 0.410 e. The summed E-state index contributed by atoms with van der Waals surface area (Å²) in [6, 6.07) is 1.96. The highest BCUT2D eigenvalue weighted by atomic mass is 79.9. The van der Waals surface area contributed by atoms with Crippen molar-refractivity contribution < 1.29 is 14.3 Å². The van der Waals surface area contributed by atoms with Crippen LogP contribution in [0.1, 0.15) is 32.9 Å². The number of carbonyl (C=O) groups is 1. The number of aromatic nitrogens is 1. The summed E-state index contributed by atoms with van der Waals surface area (Å²) in [6.07, 6.45) is 2.39. The number of aryl methyl sites for hydroxylation is 1. The van der Waals surface area contributed by atoms with Gasteiger partial charge in [-0.3, -0.25) is 4.98 Å². The Bertz CT molecular complexity index is 528. The Kier molecular flexibility index (Phi) is 4.76. The van der Waals surface area contributed by atoms with Crippen LogP contribution >= 0.6 is 15.9 Å². The lowest BCUT2D eigenvalue weighted by Gasteiger charge is -2.41. The van der Waals surface area contributed by atoms with Crippen LogP contribution in [-0.2, 0) is 4.74 Å². The zero-order valence-electron chi connectivity index (χ0n) is 12.9. The van der Waals surface area contributed by atoms with Crippen LogP contribution in [0.15, 0.2) is 16.7 Å². The fraction of sp³-hybridized carbons (Fsp3) is 0.600. The molecule has 1 saturated heterocycles. The highest BCUT2D eigenvalue weighted by Crippen LogP contribution is 2.25. The van der Waals surface area contributed by atoms with Crippen LogP contribution in [0.4, 0.5) is 4.79 Å². The molecule has 0 radical (unpaired) electrons. The van der Waals surface area contributed by atoms with Gasteiger partial charge in [0, 0.05) is 17.2 Å². The van der Waals surface area contributed by atoms with Crippen LogP contribution in [0.3, 0.4) is 0 Å². The number of pyridine rings is 1. The number of ether oxygens (including phenoxy) is 2. The minimum Gasteiger partial charge on any atom is -0.489 e. The average Bonchev–Trinajstić information content (AvgIpc) is 2.29. The standard InChI is InChI=1S/C15H21BrN2O3/c1-10-13(7-11(16)8-17-10)20-9-12-5-6-18(12)14(19)21-15(2,3)4/h7-8,12H,5-6,9H2,1-4H3/t12-/m0/s1. The first-order chi connectivity index (χ1) is 9.76. The van der Waals surface area contributed by atoms with Gasteiger partial charge in [-0.2, -0.15) is 0 Å². The zero-order chi connectivity index (χ0) is 15.6. The second-order valence-electron chi connectivity index (χ2n) is 6.16. The minimum atomic E-state index is -0.469. The highest BCUT2D eigenvalue weighted by molar-refractivity contribution is 9.10. The lowest BCUT2D eigenvalue weighted by molar-refractivity contribution is -0.0142. The van der Waals surface area contributed by atoms with Crippen molar-refractivity contribution in [1.29, 1.82) is 0 Å². The largest absolute Gasteiger partial charge is 0.489 e. The van der Waals surface area contributed by atoms with Gasteiger partial charge < -0.3 is 14.4 Å². The van der Waals surface area contributed by atoms with E-state index in [4.69, 9.17) is 9.47 Å². The van der Waals surface area contributed by atoms with Gasteiger partial charge in [-0.05, 0) is 56.1 Å². The fourth-order valence-corrected chi connectivity index (χ4v) is 2.31. The predicted molar refractivity (Wildman–Crippen MR) is 83.5 cm³/mol. The number of nitrogens with zero attached hydrogens (tertiary/aromatic N) is 2. The maximum Gasteiger partial charge on any atom is 0.410 e. The van der Waals surface area contributed by atoms with Crippen LogP contribution in [-0.4, -0.2) is 40.8 Å². The molecule has 116 valence electrons. The number of hydrogen-bond donors (Lipinski definition) is 0. The van der Waals surface area contributed by atoms with E-state index < -0.39 is 5.60 Å². The van der Waals surface area contributed by atoms with Crippen molar-refractivity contribution in [3.8, 4) is 5.75 Å². The van der Waals surface area contributed by atoms with E-state index in [1.54, 1.807) is 11.1 Å². The molecule has 1 aliphatic rings. The second kappa shape index (κ2) is 6.22. The average molecular weight is 357 g/mol. The van der Waals surface area contributed by atoms with Crippen LogP contribution < -0.4 is 4.74 Å². The van der Waals surface area contributed by atoms with E-state index in [0.29, 0.717) is 6.61 Å². The van der Waals surface area contributed by atoms with Crippen molar-refractivity contribution in [1.82, 2.24) is 9.88 Å². The van der Waals surface area contributed by atoms with Crippen molar-refractivity contribution in [2.24, 2.45) is 0 Å². The molecule has 21 heavy (non-hydrogen) atoms. The number of carbonyl (C=O) groups excluding carboxylic acids is 1. The number of rotatable bonds is 3. The Labute approximate surface area is 133 Å². The summed E-state index contributed by atoms with van der Waals surface area (Å²) in [5.41, 5.74) is 0.365. The van der Waals surface area contributed by atoms with Crippen LogP contribution in [0.25, 0.3) is 0 Å². The van der Waals surface area contributed by atoms with E-state index in [1.807, 2.05) is 33.8 Å². The summed E-state index contributed by atoms with van der Waals surface area (Å²) in [6.45, 7) is 8.68. The Morgan fingerprint density at radius 1 is 1.52 bits per heavy atom. The number of amides is 1. The predicted octanol–water partition coefficient (Wildman–Crippen LogP) is 3.54. The van der Waals surface area contributed by atoms with Gasteiger partial charge in [0.25, 0.3) is 0 Å². The molecule has 0 bridgehead atoms. The van der Waals surface area contributed by atoms with E-state index in [1.165, 1.54) is 0 Å². The van der Waals surface area contributed by atoms with Crippen molar-refractivity contribution in [3.63, 3.8) is 0 Å². The van der Waals surface area contributed by atoms with E-state index in [-0.39, 0.29) is 12.1 Å². The lowest BCUT2D eigenvalue weighted by Crippen LogP contribution is -2.55. The molecule has 1 atom stereocenters. The molecule has 0 saturated carbocycles. The number of hydrogen-bond acceptors (Lipinski definition) is 4. The van der Waals surface area contributed by atoms with Gasteiger partial charge in [-0.25, -0.2) is 4.79 Å². The Morgan fingerprint density at radius 2 is 2.24 bits per heavy atom. The topological polar surface area (TPSA) is 51.7 Å². The third-order valence-electron chi connectivity index (χ3n) is 3.21. The first-order valence-corrected chi connectivity index (χ1v) is 7.80. The molecule has 0 N–H and O–H groups in total. The molecule has 2 heterocycles. The third-order valence-corrected chi connectivity index (χ3v) is 3.64. The van der Waals surface area contributed by atoms with Crippen molar-refractivity contribution >= 4 is 22.0 Å². The van der Waals surface area contributed by atoms with Crippen LogP contribution in [0.2, 0.25) is 0 Å². The van der Waals surface area contributed by atoms with Gasteiger partial charge in [0.15, 0.2) is 0 Å². The molecule has 2 rings (SSSR count). The van der Waals surface area contributed by atoms with Gasteiger partial charge in [0.2, 0.25) is 0 Å². The van der Waals surface area contributed by atoms with Gasteiger partial charge >= 0.3 is 6.09 Å². The molecule has 0 spiro atoms. The molecule has 1 aromatic heterocycles. The van der Waals surface area contributed by atoms with E-state index >= 15 is 0 Å². The molecule has 0 aromatic carbocycles. The molecule has 6 heteroatoms. The molecule has 1 fully saturated rings. The number of likely N-dealkylation sites (tertiary alicyclic amines) is 1. The zero-order valence-corrected chi connectivity index (χ0v) is 14.4. The molecule has 5 nitrogen and oxygen atoms in total. The highest BCUT2D eigenvalue weighted by Gasteiger charge is 2.35. The maximum atomic E-state index is 12.0. The normalized spacial score (nSPS) is 18.1. The van der Waals surface area contributed by atoms with E-state index in [2.05, 4.69) is 20.9 Å². The Morgan fingerprint density at radius 3 is 2.81 bits per heavy atom. The van der Waals surface area contributed by atoms with Gasteiger partial charge in [0.05, 0.1) is 11.7 Å². The quantitative estimate of drug-likeness (QED) is 0.830. The van der Waals surface area contributed by atoms with Gasteiger partial charge in [-0.15, -0.1) is 0 Å². The molecule has 1 aromatic rings. The summed E-state index contributed by atoms with van der Waals surface area (Å²) < 4.78 is 12.0. The molecule has 0 aliphatic carbocycles. The van der Waals surface area contributed by atoms with Crippen molar-refractivity contribution in [2.45, 2.75) is 45.8 Å². The Hall–Kier alpha value is -1.30. The summed E-state index contributed by atoms with van der Waals surface area (Å²) in [7, 11) is 0. The first kappa shape index (κ1) is 16.1. The van der Waals surface area contributed by atoms with E-state index in [9.17, 15) is 4.79 Å². The lowest BCUT2D eigenvalue weighted by atomic mass is 10.1. The maximum absolute atomic E-state index is 12.0. The molecular weight excluding hydrogens is 336 g/mol. The van der Waals surface area contributed by atoms with Crippen LogP contribution in [0.5, 0.6) is 5.75 Å². The third kappa shape index (κ3) is 4.33. The molecular formula is C15H21BrN2O3. The van der Waals surface area contributed by atoms with Gasteiger partial charge in [0.1, 0.15) is 18.0 Å². The molecule has 1 aliphatic heterocycles. The van der Waals surface area contributed by atoms with Gasteiger partial charge in [-0.1, -0.05) is 0 Å². The van der Waals surface area contributed by atoms with Crippen LogP contribution in [0, 0.1) is 6.92 Å². The first-order valence-electron chi connectivity index (χ1n) is 7.01. The summed E-state index contributed by atoms with van der Waals surface area (Å²) >= 11 is 3.38. The SMILES string of the molecule is Cc1ncc(Br)cc1OC[C@@H]1CCN1C(=O)OC(C)(C)C. The summed E-state index contributed by atoms with van der Waals surface area (Å²) in [5, 5.41) is 0. The Balaban J connectivity index is 1.89. The van der Waals surface area contributed by atoms with Crippen molar-refractivity contribution in [2.75, 3.05) is 13.2 Å². The van der Waals surface area contributed by atoms with Crippen molar-refractivity contribution in [3.05, 3.63) is 22.4 Å².